The average Bonchev–Trinajstić information content (AvgIpc) is 2.22. The van der Waals surface area contributed by atoms with Crippen molar-refractivity contribution in [1.82, 2.24) is 10.6 Å². The summed E-state index contributed by atoms with van der Waals surface area (Å²) < 4.78 is 22.4. The maximum atomic E-state index is 11.2. The zero-order valence-electron chi connectivity index (χ0n) is 9.51. The van der Waals surface area contributed by atoms with Gasteiger partial charge in [-0.1, -0.05) is 6.08 Å². The summed E-state index contributed by atoms with van der Waals surface area (Å²) in [5.41, 5.74) is 0. The van der Waals surface area contributed by atoms with Crippen LogP contribution < -0.4 is 10.6 Å². The van der Waals surface area contributed by atoms with Crippen LogP contribution in [0.25, 0.3) is 0 Å². The number of hydrogen-bond acceptors (Lipinski definition) is 5. The molecule has 0 spiro atoms. The number of aliphatic carboxylic acids is 1. The number of nitrogens with one attached hydrogen (secondary N) is 2. The fraction of sp³-hybridized carbons (Fsp3) is 0.444. The van der Waals surface area contributed by atoms with Gasteiger partial charge in [0.1, 0.15) is 12.3 Å². The summed E-state index contributed by atoms with van der Waals surface area (Å²) in [4.78, 5) is 32.3. The van der Waals surface area contributed by atoms with Crippen molar-refractivity contribution in [2.45, 2.75) is 0 Å². The lowest BCUT2D eigenvalue weighted by molar-refractivity contribution is -0.137. The summed E-state index contributed by atoms with van der Waals surface area (Å²) in [5, 5.41) is 12.3. The van der Waals surface area contributed by atoms with Gasteiger partial charge >= 0.3 is 5.97 Å². The fourth-order valence-corrected chi connectivity index (χ4v) is 1.88. The van der Waals surface area contributed by atoms with Crippen molar-refractivity contribution in [3.8, 4) is 0 Å². The van der Waals surface area contributed by atoms with E-state index in [-0.39, 0.29) is 5.75 Å². The molecule has 0 rings (SSSR count). The van der Waals surface area contributed by atoms with Gasteiger partial charge in [0.15, 0.2) is 9.84 Å². The van der Waals surface area contributed by atoms with Crippen LogP contribution in [0.2, 0.25) is 0 Å². The molecule has 0 aliphatic rings. The highest BCUT2D eigenvalue weighted by atomic mass is 32.2. The molecular formula is C9H14N2O6S. The predicted octanol–water partition coefficient (Wildman–Crippen LogP) is -2.10. The number of carboxylic acid groups (broad SMARTS) is 1. The van der Waals surface area contributed by atoms with E-state index >= 15 is 0 Å². The van der Waals surface area contributed by atoms with Crippen LogP contribution in [0, 0.1) is 0 Å². The molecule has 0 aromatic heterocycles. The van der Waals surface area contributed by atoms with Crippen molar-refractivity contribution in [3.05, 3.63) is 12.7 Å². The Hall–Kier alpha value is -1.90. The van der Waals surface area contributed by atoms with Gasteiger partial charge < -0.3 is 15.7 Å². The second-order valence-electron chi connectivity index (χ2n) is 3.29. The van der Waals surface area contributed by atoms with E-state index in [4.69, 9.17) is 5.11 Å². The second kappa shape index (κ2) is 7.43. The first-order valence-corrected chi connectivity index (χ1v) is 6.65. The van der Waals surface area contributed by atoms with Gasteiger partial charge in [-0.2, -0.15) is 0 Å². The Kier molecular flexibility index (Phi) is 6.65. The third-order valence-electron chi connectivity index (χ3n) is 1.61. The van der Waals surface area contributed by atoms with Crippen LogP contribution in [0.1, 0.15) is 0 Å². The van der Waals surface area contributed by atoms with Crippen LogP contribution in [0.3, 0.4) is 0 Å². The lowest BCUT2D eigenvalue weighted by atomic mass is 10.5. The Balaban J connectivity index is 4.01. The van der Waals surface area contributed by atoms with Crippen LogP contribution >= 0.6 is 0 Å². The predicted molar refractivity (Wildman–Crippen MR) is 62.5 cm³/mol. The minimum absolute atomic E-state index is 0.328. The zero-order valence-corrected chi connectivity index (χ0v) is 10.3. The van der Waals surface area contributed by atoms with E-state index in [1.807, 2.05) is 5.32 Å². The molecule has 3 N–H and O–H groups in total. The maximum Gasteiger partial charge on any atom is 0.322 e. The number of carboxylic acids is 1. The molecule has 0 aliphatic carbocycles. The van der Waals surface area contributed by atoms with Gasteiger partial charge in [-0.3, -0.25) is 14.4 Å². The monoisotopic (exact) mass is 278 g/mol. The topological polar surface area (TPSA) is 130 Å². The Labute approximate surface area is 104 Å². The number of carbonyl (C=O) groups excluding carboxylic acids is 2. The molecule has 18 heavy (non-hydrogen) atoms. The normalized spacial score (nSPS) is 10.4. The molecule has 0 bridgehead atoms. The zero-order chi connectivity index (χ0) is 14.2. The van der Waals surface area contributed by atoms with Crippen molar-refractivity contribution in [3.63, 3.8) is 0 Å². The molecule has 8 nitrogen and oxygen atoms in total. The highest BCUT2D eigenvalue weighted by Gasteiger charge is 2.15. The molecule has 0 aliphatic heterocycles. The lowest BCUT2D eigenvalue weighted by Crippen LogP contribution is -2.41. The minimum Gasteiger partial charge on any atom is -0.480 e. The summed E-state index contributed by atoms with van der Waals surface area (Å²) in [6.07, 6.45) is 1.15. The summed E-state index contributed by atoms with van der Waals surface area (Å²) in [5.74, 6) is -3.84. The third kappa shape index (κ3) is 8.28. The van der Waals surface area contributed by atoms with Gasteiger partial charge in [-0.05, 0) is 0 Å². The number of sulfone groups is 1. The molecule has 0 saturated heterocycles. The standard InChI is InChI=1S/C9H14N2O6S/c1-2-3-18(16,17)6-8(13)10-4-7(12)11-5-9(14)15/h2H,1,3-6H2,(H,10,13)(H,11,12)(H,14,15). The van der Waals surface area contributed by atoms with E-state index in [0.29, 0.717) is 0 Å². The second-order valence-corrected chi connectivity index (χ2v) is 5.40. The molecule has 0 heterocycles. The van der Waals surface area contributed by atoms with Gasteiger partial charge in [-0.15, -0.1) is 6.58 Å². The van der Waals surface area contributed by atoms with E-state index in [9.17, 15) is 22.8 Å². The van der Waals surface area contributed by atoms with Gasteiger partial charge in [0, 0.05) is 0 Å². The fourth-order valence-electron chi connectivity index (χ4n) is 0.905. The first kappa shape index (κ1) is 16.1. The van der Waals surface area contributed by atoms with Crippen LogP contribution in [0.4, 0.5) is 0 Å². The van der Waals surface area contributed by atoms with E-state index in [1.165, 1.54) is 0 Å². The third-order valence-corrected chi connectivity index (χ3v) is 3.05. The van der Waals surface area contributed by atoms with Crippen LogP contribution in [0.15, 0.2) is 12.7 Å². The molecule has 0 fully saturated rings. The number of hydrogen-bond donors (Lipinski definition) is 3. The Bertz CT molecular complexity index is 442. The van der Waals surface area contributed by atoms with Crippen LogP contribution in [-0.4, -0.2) is 55.9 Å². The maximum absolute atomic E-state index is 11.2. The number of carbonyl (C=O) groups is 3. The molecule has 0 unspecified atom stereocenters. The summed E-state index contributed by atoms with van der Waals surface area (Å²) in [6, 6.07) is 0. The van der Waals surface area contributed by atoms with Crippen molar-refractivity contribution >= 4 is 27.6 Å². The van der Waals surface area contributed by atoms with Crippen molar-refractivity contribution in [1.29, 1.82) is 0 Å². The van der Waals surface area contributed by atoms with Gasteiger partial charge in [0.2, 0.25) is 11.8 Å². The lowest BCUT2D eigenvalue weighted by Gasteiger charge is -2.05. The molecule has 0 saturated carbocycles. The summed E-state index contributed by atoms with van der Waals surface area (Å²) in [7, 11) is -3.56. The SMILES string of the molecule is C=CCS(=O)(=O)CC(=O)NCC(=O)NCC(=O)O. The van der Waals surface area contributed by atoms with E-state index in [1.54, 1.807) is 0 Å². The number of amides is 2. The van der Waals surface area contributed by atoms with E-state index in [2.05, 4.69) is 11.9 Å². The molecular weight excluding hydrogens is 264 g/mol. The first-order valence-electron chi connectivity index (χ1n) is 4.83. The van der Waals surface area contributed by atoms with Gasteiger partial charge in [0.25, 0.3) is 0 Å². The van der Waals surface area contributed by atoms with Crippen molar-refractivity contribution in [2.75, 3.05) is 24.6 Å². The largest absolute Gasteiger partial charge is 0.480 e. The summed E-state index contributed by atoms with van der Waals surface area (Å²) in [6.45, 7) is 2.20. The van der Waals surface area contributed by atoms with Crippen molar-refractivity contribution < 1.29 is 27.9 Å². The highest BCUT2D eigenvalue weighted by molar-refractivity contribution is 7.92. The Morgan fingerprint density at radius 2 is 1.67 bits per heavy atom. The average molecular weight is 278 g/mol. The molecule has 0 radical (unpaired) electrons. The molecule has 0 aromatic carbocycles. The van der Waals surface area contributed by atoms with Crippen molar-refractivity contribution in [2.24, 2.45) is 0 Å². The van der Waals surface area contributed by atoms with Crippen LogP contribution in [-0.2, 0) is 24.2 Å². The van der Waals surface area contributed by atoms with Crippen LogP contribution in [0.5, 0.6) is 0 Å². The van der Waals surface area contributed by atoms with Gasteiger partial charge in [-0.25, -0.2) is 8.42 Å². The quantitative estimate of drug-likeness (QED) is 0.436. The number of rotatable bonds is 8. The Morgan fingerprint density at radius 1 is 1.11 bits per heavy atom. The molecule has 9 heteroatoms. The molecule has 102 valence electrons. The molecule has 2 amide bonds. The van der Waals surface area contributed by atoms with Gasteiger partial charge in [0.05, 0.1) is 12.3 Å². The van der Waals surface area contributed by atoms with E-state index < -0.39 is 46.5 Å². The highest BCUT2D eigenvalue weighted by Crippen LogP contribution is 1.90. The first-order chi connectivity index (χ1) is 8.26. The minimum atomic E-state index is -3.56. The Morgan fingerprint density at radius 3 is 2.17 bits per heavy atom. The summed E-state index contributed by atoms with van der Waals surface area (Å²) >= 11 is 0. The molecule has 0 aromatic rings. The van der Waals surface area contributed by atoms with E-state index in [0.717, 1.165) is 6.08 Å². The smallest absolute Gasteiger partial charge is 0.322 e. The molecule has 0 atom stereocenters.